The van der Waals surface area contributed by atoms with E-state index in [1.54, 1.807) is 43.8 Å². The lowest BCUT2D eigenvalue weighted by Gasteiger charge is -2.45. The molecule has 3 aromatic rings. The Morgan fingerprint density at radius 3 is 2.60 bits per heavy atom. The number of fused-ring (bicyclic) bond motifs is 2. The fourth-order valence-electron chi connectivity index (χ4n) is 9.40. The SMILES string of the molecule is COCNC1CC(S(=O)(=O)NC(=O)c2ccc(N3CCN(CC4CC5=CC=C(Cl)CC5CN4C(=O)C4CC4)CC3)cc2Oc2cnc3[nH]ccc3c2)=CC=C1NCC1CCOCC1. The lowest BCUT2D eigenvalue weighted by Crippen LogP contribution is -2.56. The predicted octanol–water partition coefficient (Wildman–Crippen LogP) is 5.37. The third-order valence-electron chi connectivity index (χ3n) is 13.2. The Morgan fingerprint density at radius 2 is 1.81 bits per heavy atom. The van der Waals surface area contributed by atoms with Gasteiger partial charge >= 0.3 is 0 Å². The molecule has 336 valence electrons. The van der Waals surface area contributed by atoms with E-state index in [0.717, 1.165) is 119 Å². The molecule has 0 spiro atoms. The van der Waals surface area contributed by atoms with Gasteiger partial charge in [0.15, 0.2) is 0 Å². The first-order valence-electron chi connectivity index (χ1n) is 22.2. The number of methoxy groups -OCH3 is 1. The van der Waals surface area contributed by atoms with Crippen molar-refractivity contribution in [1.82, 2.24) is 35.1 Å². The fourth-order valence-corrected chi connectivity index (χ4v) is 10.8. The zero-order chi connectivity index (χ0) is 43.5. The summed E-state index contributed by atoms with van der Waals surface area (Å²) in [5.74, 6) is 1.01. The first-order chi connectivity index (χ1) is 30.6. The Balaban J connectivity index is 0.902. The Morgan fingerprint density at radius 1 is 0.984 bits per heavy atom. The summed E-state index contributed by atoms with van der Waals surface area (Å²) in [5, 5.41) is 8.47. The van der Waals surface area contributed by atoms with Crippen LogP contribution in [0.25, 0.3) is 11.0 Å². The molecule has 4 fully saturated rings. The van der Waals surface area contributed by atoms with E-state index in [4.69, 9.17) is 25.8 Å². The number of hydrogen-bond donors (Lipinski definition) is 4. The number of ether oxygens (including phenoxy) is 3. The molecular formula is C46H57ClN8O7S. The number of carbonyl (C=O) groups excluding carboxylic acids is 2. The second-order valence-corrected chi connectivity index (χ2v) is 19.8. The number of aromatic nitrogens is 2. The van der Waals surface area contributed by atoms with Gasteiger partial charge in [0.1, 0.15) is 17.1 Å². The maximum Gasteiger partial charge on any atom is 0.268 e. The molecule has 6 aliphatic rings. The molecule has 2 amide bonds. The maximum atomic E-state index is 14.1. The van der Waals surface area contributed by atoms with Gasteiger partial charge in [-0.25, -0.2) is 18.1 Å². The number of piperazine rings is 1. The highest BCUT2D eigenvalue weighted by Crippen LogP contribution is 2.40. The molecule has 2 aromatic heterocycles. The van der Waals surface area contributed by atoms with E-state index in [9.17, 15) is 18.0 Å². The van der Waals surface area contributed by atoms with Gasteiger partial charge in [0.05, 0.1) is 29.4 Å². The number of nitrogens with zero attached hydrogens (tertiary/aromatic N) is 4. The van der Waals surface area contributed by atoms with Crippen LogP contribution < -0.4 is 25.0 Å². The van der Waals surface area contributed by atoms with Crippen LogP contribution in [-0.4, -0.2) is 125 Å². The zero-order valence-electron chi connectivity index (χ0n) is 35.7. The molecule has 1 saturated carbocycles. The number of benzene rings is 1. The predicted molar refractivity (Wildman–Crippen MR) is 242 cm³/mol. The van der Waals surface area contributed by atoms with Crippen molar-refractivity contribution in [2.45, 2.75) is 57.0 Å². The van der Waals surface area contributed by atoms with Crippen molar-refractivity contribution in [3.05, 3.63) is 93.8 Å². The second-order valence-electron chi connectivity index (χ2n) is 17.6. The molecule has 4 N–H and O–H groups in total. The van der Waals surface area contributed by atoms with E-state index in [-0.39, 0.29) is 53.3 Å². The van der Waals surface area contributed by atoms with Crippen LogP contribution in [0.15, 0.2) is 88.2 Å². The Kier molecular flexibility index (Phi) is 13.3. The summed E-state index contributed by atoms with van der Waals surface area (Å²) >= 11 is 6.42. The molecule has 5 heterocycles. The van der Waals surface area contributed by atoms with Crippen LogP contribution in [0.3, 0.4) is 0 Å². The van der Waals surface area contributed by atoms with Crippen LogP contribution in [-0.2, 0) is 24.3 Å². The fraction of sp³-hybridized carbons (Fsp3) is 0.500. The van der Waals surface area contributed by atoms with Gasteiger partial charge in [-0.2, -0.15) is 0 Å². The third kappa shape index (κ3) is 10.3. The Bertz CT molecular complexity index is 2420. The number of pyridine rings is 1. The van der Waals surface area contributed by atoms with Crippen LogP contribution in [0.1, 0.15) is 55.3 Å². The summed E-state index contributed by atoms with van der Waals surface area (Å²) in [6.45, 7) is 6.99. The number of H-pyrrole nitrogens is 1. The molecule has 3 unspecified atom stereocenters. The van der Waals surface area contributed by atoms with Gasteiger partial charge in [0.25, 0.3) is 15.9 Å². The number of sulfonamides is 1. The number of carbonyl (C=O) groups is 2. The van der Waals surface area contributed by atoms with Crippen LogP contribution in [0.2, 0.25) is 0 Å². The molecule has 3 saturated heterocycles. The van der Waals surface area contributed by atoms with Crippen LogP contribution in [0.5, 0.6) is 11.5 Å². The van der Waals surface area contributed by atoms with Crippen molar-refractivity contribution in [1.29, 1.82) is 0 Å². The summed E-state index contributed by atoms with van der Waals surface area (Å²) in [6, 6.07) is 8.72. The van der Waals surface area contributed by atoms with Gasteiger partial charge in [0, 0.05) is 125 Å². The van der Waals surface area contributed by atoms with Gasteiger partial charge in [-0.05, 0) is 86.9 Å². The highest BCUT2D eigenvalue weighted by atomic mass is 35.5. The molecular weight excluding hydrogens is 844 g/mol. The topological polar surface area (TPSA) is 170 Å². The number of likely N-dealkylation sites (tertiary alicyclic amines) is 1. The lowest BCUT2D eigenvalue weighted by atomic mass is 9.82. The zero-order valence-corrected chi connectivity index (χ0v) is 37.3. The minimum absolute atomic E-state index is 0.0686. The number of anilines is 1. The molecule has 17 heteroatoms. The normalized spacial score (nSPS) is 23.6. The molecule has 9 rings (SSSR count). The molecule has 3 aliphatic carbocycles. The Hall–Kier alpha value is -4.71. The number of piperidine rings is 1. The molecule has 0 bridgehead atoms. The average Bonchev–Trinajstić information content (AvgIpc) is 4.04. The number of rotatable bonds is 15. The number of amides is 2. The van der Waals surface area contributed by atoms with E-state index in [0.29, 0.717) is 23.2 Å². The smallest absolute Gasteiger partial charge is 0.268 e. The quantitative estimate of drug-likeness (QED) is 0.144. The van der Waals surface area contributed by atoms with Gasteiger partial charge in [-0.1, -0.05) is 23.3 Å². The van der Waals surface area contributed by atoms with Crippen molar-refractivity contribution < 1.29 is 32.2 Å². The van der Waals surface area contributed by atoms with E-state index in [1.807, 2.05) is 24.3 Å². The van der Waals surface area contributed by atoms with E-state index < -0.39 is 15.9 Å². The maximum absolute atomic E-state index is 14.1. The highest BCUT2D eigenvalue weighted by Gasteiger charge is 2.42. The minimum Gasteiger partial charge on any atom is -0.455 e. The molecule has 0 radical (unpaired) electrons. The first kappa shape index (κ1) is 43.5. The van der Waals surface area contributed by atoms with Crippen LogP contribution in [0, 0.1) is 17.8 Å². The highest BCUT2D eigenvalue weighted by molar-refractivity contribution is 7.93. The van der Waals surface area contributed by atoms with Gasteiger partial charge < -0.3 is 34.3 Å². The molecule has 63 heavy (non-hydrogen) atoms. The summed E-state index contributed by atoms with van der Waals surface area (Å²) in [7, 11) is -2.69. The monoisotopic (exact) mass is 900 g/mol. The van der Waals surface area contributed by atoms with E-state index in [1.165, 1.54) is 5.57 Å². The van der Waals surface area contributed by atoms with Gasteiger partial charge in [0.2, 0.25) is 5.91 Å². The summed E-state index contributed by atoms with van der Waals surface area (Å²) in [4.78, 5) is 42.0. The van der Waals surface area contributed by atoms with Crippen molar-refractivity contribution in [2.24, 2.45) is 17.8 Å². The van der Waals surface area contributed by atoms with Crippen molar-refractivity contribution >= 4 is 50.2 Å². The van der Waals surface area contributed by atoms with Gasteiger partial charge in [-0.15, -0.1) is 0 Å². The number of hydrogen-bond acceptors (Lipinski definition) is 12. The summed E-state index contributed by atoms with van der Waals surface area (Å²) in [6.07, 6.45) is 16.5. The van der Waals surface area contributed by atoms with Crippen molar-refractivity contribution in [2.75, 3.05) is 77.8 Å². The van der Waals surface area contributed by atoms with Crippen LogP contribution >= 0.6 is 11.6 Å². The summed E-state index contributed by atoms with van der Waals surface area (Å²) in [5.41, 5.74) is 3.85. The average molecular weight is 902 g/mol. The third-order valence-corrected chi connectivity index (χ3v) is 14.9. The first-order valence-corrected chi connectivity index (χ1v) is 24.1. The number of aromatic amines is 1. The molecule has 1 aromatic carbocycles. The lowest BCUT2D eigenvalue weighted by molar-refractivity contribution is -0.137. The van der Waals surface area contributed by atoms with E-state index >= 15 is 0 Å². The van der Waals surface area contributed by atoms with Crippen molar-refractivity contribution in [3.63, 3.8) is 0 Å². The van der Waals surface area contributed by atoms with Crippen LogP contribution in [0.4, 0.5) is 5.69 Å². The summed E-state index contributed by atoms with van der Waals surface area (Å²) < 4.78 is 47.4. The molecule has 15 nitrogen and oxygen atoms in total. The largest absolute Gasteiger partial charge is 0.455 e. The standard InChI is InChI=1S/C46H57ClN8O7S/c1-60-29-51-42-24-39(7-9-41(42)49-25-30-11-18-61-19-12-30)63(58,59)52-45(56)40-8-6-36(23-43(40)62-38-22-33-10-13-48-44(33)50-26-38)54-16-14-53(15-17-54)28-37-21-32-4-5-35(47)20-34(32)27-55(37)46(57)31-2-3-31/h4-10,13,22-23,26,30-31,34,37,42,49,51H,2-3,11-12,14-21,24-25,27-29H2,1H3,(H,48,50)(H,52,56). The number of nitrogens with one attached hydrogen (secondary N) is 4. The minimum atomic E-state index is -4.26. The Labute approximate surface area is 374 Å². The number of allylic oxidation sites excluding steroid dienone is 5. The number of halogens is 1. The molecule has 3 atom stereocenters. The van der Waals surface area contributed by atoms with Crippen molar-refractivity contribution in [3.8, 4) is 11.5 Å². The van der Waals surface area contributed by atoms with E-state index in [2.05, 4.69) is 46.1 Å². The van der Waals surface area contributed by atoms with Gasteiger partial charge in [-0.3, -0.25) is 19.8 Å². The molecule has 3 aliphatic heterocycles. The second kappa shape index (κ2) is 19.2.